The van der Waals surface area contributed by atoms with E-state index in [4.69, 9.17) is 24.8 Å². The van der Waals surface area contributed by atoms with E-state index in [1.165, 1.54) is 36.2 Å². The first kappa shape index (κ1) is 21.6. The SMILES string of the molecule is CCCCN1CCN=C1C1CC1(c1ccccc1)c1ccccc1.O=C(O)C(=O)O. The van der Waals surface area contributed by atoms with Crippen molar-refractivity contribution in [1.29, 1.82) is 0 Å². The lowest BCUT2D eigenvalue weighted by molar-refractivity contribution is -0.159. The van der Waals surface area contributed by atoms with E-state index in [-0.39, 0.29) is 5.41 Å². The van der Waals surface area contributed by atoms with Crippen LogP contribution in [0.2, 0.25) is 0 Å². The number of carboxylic acids is 2. The number of rotatable bonds is 6. The van der Waals surface area contributed by atoms with Crippen LogP contribution in [0.15, 0.2) is 65.7 Å². The van der Waals surface area contributed by atoms with Crippen LogP contribution in [0, 0.1) is 5.92 Å². The van der Waals surface area contributed by atoms with E-state index in [1.807, 2.05) is 0 Å². The Labute approximate surface area is 176 Å². The number of benzene rings is 2. The summed E-state index contributed by atoms with van der Waals surface area (Å²) in [5.74, 6) is -1.76. The highest BCUT2D eigenvalue weighted by atomic mass is 16.4. The molecule has 0 spiro atoms. The number of hydrogen-bond donors (Lipinski definition) is 2. The van der Waals surface area contributed by atoms with Crippen LogP contribution in [0.1, 0.15) is 37.3 Å². The molecule has 2 aromatic carbocycles. The van der Waals surface area contributed by atoms with Gasteiger partial charge in [-0.15, -0.1) is 0 Å². The van der Waals surface area contributed by atoms with Crippen LogP contribution in [0.3, 0.4) is 0 Å². The molecule has 4 rings (SSSR count). The van der Waals surface area contributed by atoms with Crippen LogP contribution in [0.4, 0.5) is 0 Å². The van der Waals surface area contributed by atoms with Crippen molar-refractivity contribution < 1.29 is 19.8 Å². The van der Waals surface area contributed by atoms with Crippen molar-refractivity contribution in [1.82, 2.24) is 4.90 Å². The van der Waals surface area contributed by atoms with E-state index >= 15 is 0 Å². The van der Waals surface area contributed by atoms with Gasteiger partial charge in [0.25, 0.3) is 0 Å². The summed E-state index contributed by atoms with van der Waals surface area (Å²) >= 11 is 0. The topological polar surface area (TPSA) is 90.2 Å². The minimum absolute atomic E-state index is 0.121. The van der Waals surface area contributed by atoms with Crippen molar-refractivity contribution in [3.05, 3.63) is 71.8 Å². The van der Waals surface area contributed by atoms with Gasteiger partial charge < -0.3 is 15.1 Å². The lowest BCUT2D eigenvalue weighted by Crippen LogP contribution is -2.32. The molecule has 0 aromatic heterocycles. The highest BCUT2D eigenvalue weighted by molar-refractivity contribution is 6.27. The fourth-order valence-electron chi connectivity index (χ4n) is 4.26. The Hall–Kier alpha value is -3.15. The van der Waals surface area contributed by atoms with Gasteiger partial charge in [0, 0.05) is 24.4 Å². The van der Waals surface area contributed by atoms with E-state index in [1.54, 1.807) is 0 Å². The van der Waals surface area contributed by atoms with Crippen LogP contribution in [-0.2, 0) is 15.0 Å². The third-order valence-electron chi connectivity index (χ3n) is 5.78. The molecular weight excluding hydrogens is 380 g/mol. The molecular formula is C24H28N2O4. The van der Waals surface area contributed by atoms with Crippen molar-refractivity contribution in [3.8, 4) is 0 Å². The van der Waals surface area contributed by atoms with Gasteiger partial charge in [-0.1, -0.05) is 74.0 Å². The average molecular weight is 408 g/mol. The summed E-state index contributed by atoms with van der Waals surface area (Å²) in [7, 11) is 0. The van der Waals surface area contributed by atoms with Gasteiger partial charge >= 0.3 is 11.9 Å². The number of carboxylic acid groups (broad SMARTS) is 2. The largest absolute Gasteiger partial charge is 0.473 e. The molecule has 1 fully saturated rings. The van der Waals surface area contributed by atoms with Gasteiger partial charge in [0.05, 0.1) is 6.54 Å². The van der Waals surface area contributed by atoms with Crippen LogP contribution in [0.5, 0.6) is 0 Å². The van der Waals surface area contributed by atoms with Crippen molar-refractivity contribution in [2.24, 2.45) is 10.9 Å². The second kappa shape index (κ2) is 9.57. The van der Waals surface area contributed by atoms with Crippen molar-refractivity contribution in [2.45, 2.75) is 31.6 Å². The predicted molar refractivity (Wildman–Crippen MR) is 116 cm³/mol. The molecule has 1 heterocycles. The molecule has 30 heavy (non-hydrogen) atoms. The molecule has 1 saturated carbocycles. The molecule has 1 unspecified atom stereocenters. The normalized spacial score (nSPS) is 18.8. The summed E-state index contributed by atoms with van der Waals surface area (Å²) < 4.78 is 0. The van der Waals surface area contributed by atoms with E-state index in [9.17, 15) is 0 Å². The van der Waals surface area contributed by atoms with Gasteiger partial charge in [-0.2, -0.15) is 0 Å². The van der Waals surface area contributed by atoms with E-state index < -0.39 is 11.9 Å². The first-order chi connectivity index (χ1) is 14.5. The molecule has 0 amide bonds. The van der Waals surface area contributed by atoms with Crippen LogP contribution in [0.25, 0.3) is 0 Å². The number of amidine groups is 1. The zero-order valence-corrected chi connectivity index (χ0v) is 17.2. The van der Waals surface area contributed by atoms with Gasteiger partial charge in [0.1, 0.15) is 5.84 Å². The Balaban J connectivity index is 0.000000377. The summed E-state index contributed by atoms with van der Waals surface area (Å²) in [4.78, 5) is 25.7. The maximum absolute atomic E-state index is 9.10. The second-order valence-electron chi connectivity index (χ2n) is 7.65. The third-order valence-corrected chi connectivity index (χ3v) is 5.78. The monoisotopic (exact) mass is 408 g/mol. The number of aliphatic carboxylic acids is 2. The summed E-state index contributed by atoms with van der Waals surface area (Å²) in [6.07, 6.45) is 3.69. The van der Waals surface area contributed by atoms with Gasteiger partial charge in [0.15, 0.2) is 0 Å². The summed E-state index contributed by atoms with van der Waals surface area (Å²) in [6.45, 7) is 5.49. The maximum Gasteiger partial charge on any atom is 0.414 e. The minimum atomic E-state index is -1.82. The number of unbranched alkanes of at least 4 members (excludes halogenated alkanes) is 1. The zero-order valence-electron chi connectivity index (χ0n) is 17.2. The number of hydrogen-bond acceptors (Lipinski definition) is 4. The fraction of sp³-hybridized carbons (Fsp3) is 0.375. The summed E-state index contributed by atoms with van der Waals surface area (Å²) in [5.41, 5.74) is 2.99. The number of aliphatic imine (C=N–C) groups is 1. The minimum Gasteiger partial charge on any atom is -0.473 e. The lowest BCUT2D eigenvalue weighted by atomic mass is 9.85. The molecule has 6 heteroatoms. The smallest absolute Gasteiger partial charge is 0.414 e. The summed E-state index contributed by atoms with van der Waals surface area (Å²) in [6, 6.07) is 22.1. The van der Waals surface area contributed by atoms with Crippen molar-refractivity contribution >= 4 is 17.8 Å². The van der Waals surface area contributed by atoms with Crippen molar-refractivity contribution in [2.75, 3.05) is 19.6 Å². The molecule has 1 aliphatic heterocycles. The molecule has 6 nitrogen and oxygen atoms in total. The lowest BCUT2D eigenvalue weighted by Gasteiger charge is -2.24. The highest BCUT2D eigenvalue weighted by Gasteiger charge is 2.60. The van der Waals surface area contributed by atoms with E-state index in [2.05, 4.69) is 72.5 Å². The Morgan fingerprint density at radius 3 is 2.00 bits per heavy atom. The first-order valence-corrected chi connectivity index (χ1v) is 10.4. The standard InChI is InChI=1S/C22H26N2.C2H2O4/c1-2-3-15-24-16-14-23-21(24)20-17-22(20,18-10-6-4-7-11-18)19-12-8-5-9-13-19;3-1(4)2(5)6/h4-13,20H,2-3,14-17H2,1H3;(H,3,4)(H,5,6). The Bertz CT molecular complexity index is 844. The Morgan fingerprint density at radius 1 is 1.00 bits per heavy atom. The number of nitrogens with zero attached hydrogens (tertiary/aromatic N) is 2. The summed E-state index contributed by atoms with van der Waals surface area (Å²) in [5, 5.41) is 14.8. The third kappa shape index (κ3) is 4.53. The second-order valence-corrected chi connectivity index (χ2v) is 7.65. The molecule has 2 aromatic rings. The van der Waals surface area contributed by atoms with Gasteiger partial charge in [-0.3, -0.25) is 4.99 Å². The maximum atomic E-state index is 9.10. The fourth-order valence-corrected chi connectivity index (χ4v) is 4.26. The number of carbonyl (C=O) groups is 2. The molecule has 1 atom stereocenters. The van der Waals surface area contributed by atoms with Gasteiger partial charge in [0.2, 0.25) is 0 Å². The highest BCUT2D eigenvalue weighted by Crippen LogP contribution is 2.60. The van der Waals surface area contributed by atoms with E-state index in [0.29, 0.717) is 5.92 Å². The zero-order chi connectivity index (χ0) is 21.6. The molecule has 2 N–H and O–H groups in total. The molecule has 1 aliphatic carbocycles. The quantitative estimate of drug-likeness (QED) is 0.712. The van der Waals surface area contributed by atoms with Crippen LogP contribution >= 0.6 is 0 Å². The molecule has 2 aliphatic rings. The van der Waals surface area contributed by atoms with Crippen molar-refractivity contribution in [3.63, 3.8) is 0 Å². The average Bonchev–Trinajstić information content (AvgIpc) is 3.36. The molecule has 158 valence electrons. The van der Waals surface area contributed by atoms with Gasteiger partial charge in [-0.25, -0.2) is 9.59 Å². The van der Waals surface area contributed by atoms with Crippen LogP contribution in [-0.4, -0.2) is 52.5 Å². The Kier molecular flexibility index (Phi) is 6.87. The molecule has 0 saturated heterocycles. The molecule has 0 radical (unpaired) electrons. The Morgan fingerprint density at radius 2 is 1.53 bits per heavy atom. The van der Waals surface area contributed by atoms with Crippen LogP contribution < -0.4 is 0 Å². The predicted octanol–water partition coefficient (Wildman–Crippen LogP) is 3.66. The molecule has 0 bridgehead atoms. The van der Waals surface area contributed by atoms with Gasteiger partial charge in [-0.05, 0) is 24.0 Å². The first-order valence-electron chi connectivity index (χ1n) is 10.4. The van der Waals surface area contributed by atoms with E-state index in [0.717, 1.165) is 19.6 Å².